The van der Waals surface area contributed by atoms with Gasteiger partial charge in [0.2, 0.25) is 0 Å². The van der Waals surface area contributed by atoms with Crippen LogP contribution >= 0.6 is 0 Å². The van der Waals surface area contributed by atoms with Crippen molar-refractivity contribution in [2.45, 2.75) is 46.2 Å². The molecule has 1 aliphatic heterocycles. The minimum absolute atomic E-state index is 0.579. The number of likely N-dealkylation sites (tertiary alicyclic amines) is 1. The molecule has 1 saturated heterocycles. The lowest BCUT2D eigenvalue weighted by Gasteiger charge is -2.31. The van der Waals surface area contributed by atoms with Gasteiger partial charge in [-0.15, -0.1) is 0 Å². The standard InChI is InChI=1S/C19H32N4/c1-15(2)18(23-11-5-6-12-23)14-22-19(20-4)21-13-17-9-7-16(3)8-10-17/h7-10,15,18H,5-6,11-14H2,1-4H3,(H2,20,21,22). The summed E-state index contributed by atoms with van der Waals surface area (Å²) in [5.41, 5.74) is 2.57. The van der Waals surface area contributed by atoms with Crippen molar-refractivity contribution in [3.8, 4) is 0 Å². The minimum Gasteiger partial charge on any atom is -0.355 e. The van der Waals surface area contributed by atoms with Crippen LogP contribution in [0, 0.1) is 12.8 Å². The molecule has 1 aromatic carbocycles. The number of guanidine groups is 1. The number of hydrogen-bond acceptors (Lipinski definition) is 2. The van der Waals surface area contributed by atoms with Crippen LogP contribution in [0.2, 0.25) is 0 Å². The molecule has 23 heavy (non-hydrogen) atoms. The number of aryl methyl sites for hydroxylation is 1. The van der Waals surface area contributed by atoms with Crippen molar-refractivity contribution in [1.82, 2.24) is 15.5 Å². The molecular formula is C19H32N4. The van der Waals surface area contributed by atoms with Crippen molar-refractivity contribution in [3.63, 3.8) is 0 Å². The minimum atomic E-state index is 0.579. The average Bonchev–Trinajstić information content (AvgIpc) is 3.06. The Morgan fingerprint density at radius 1 is 1.13 bits per heavy atom. The van der Waals surface area contributed by atoms with E-state index in [1.807, 2.05) is 7.05 Å². The molecule has 2 rings (SSSR count). The highest BCUT2D eigenvalue weighted by Gasteiger charge is 2.24. The fourth-order valence-corrected chi connectivity index (χ4v) is 3.17. The van der Waals surface area contributed by atoms with Gasteiger partial charge in [-0.05, 0) is 44.3 Å². The maximum absolute atomic E-state index is 4.35. The van der Waals surface area contributed by atoms with E-state index in [1.54, 1.807) is 0 Å². The Morgan fingerprint density at radius 2 is 1.78 bits per heavy atom. The van der Waals surface area contributed by atoms with E-state index in [2.05, 4.69) is 65.6 Å². The molecule has 4 heteroatoms. The summed E-state index contributed by atoms with van der Waals surface area (Å²) >= 11 is 0. The first-order valence-electron chi connectivity index (χ1n) is 8.84. The molecule has 1 fully saturated rings. The summed E-state index contributed by atoms with van der Waals surface area (Å²) in [6.45, 7) is 11.0. The van der Waals surface area contributed by atoms with Crippen LogP contribution in [0.3, 0.4) is 0 Å². The second-order valence-electron chi connectivity index (χ2n) is 6.85. The van der Waals surface area contributed by atoms with Gasteiger partial charge in [-0.25, -0.2) is 0 Å². The van der Waals surface area contributed by atoms with Gasteiger partial charge in [0.05, 0.1) is 0 Å². The van der Waals surface area contributed by atoms with Crippen molar-refractivity contribution in [3.05, 3.63) is 35.4 Å². The third kappa shape index (κ3) is 5.54. The molecule has 0 aliphatic carbocycles. The first-order valence-corrected chi connectivity index (χ1v) is 8.84. The molecule has 128 valence electrons. The first kappa shape index (κ1) is 17.8. The number of hydrogen-bond donors (Lipinski definition) is 2. The molecule has 2 N–H and O–H groups in total. The third-order valence-electron chi connectivity index (χ3n) is 4.66. The Balaban J connectivity index is 1.82. The summed E-state index contributed by atoms with van der Waals surface area (Å²) in [7, 11) is 1.84. The Bertz CT molecular complexity index is 487. The fourth-order valence-electron chi connectivity index (χ4n) is 3.17. The van der Waals surface area contributed by atoms with Gasteiger partial charge >= 0.3 is 0 Å². The highest BCUT2D eigenvalue weighted by molar-refractivity contribution is 5.79. The molecule has 1 aromatic rings. The SMILES string of the molecule is CN=C(NCc1ccc(C)cc1)NCC(C(C)C)N1CCCC1. The molecule has 4 nitrogen and oxygen atoms in total. The van der Waals surface area contributed by atoms with E-state index < -0.39 is 0 Å². The largest absolute Gasteiger partial charge is 0.355 e. The van der Waals surface area contributed by atoms with Crippen LogP contribution in [0.1, 0.15) is 37.8 Å². The second kappa shape index (κ2) is 8.92. The van der Waals surface area contributed by atoms with Gasteiger partial charge in [0.25, 0.3) is 0 Å². The third-order valence-corrected chi connectivity index (χ3v) is 4.66. The second-order valence-corrected chi connectivity index (χ2v) is 6.85. The van der Waals surface area contributed by atoms with E-state index in [9.17, 15) is 0 Å². The summed E-state index contributed by atoms with van der Waals surface area (Å²) in [5, 5.41) is 6.92. The van der Waals surface area contributed by atoms with E-state index >= 15 is 0 Å². The molecule has 1 heterocycles. The van der Waals surface area contributed by atoms with Gasteiger partial charge in [0, 0.05) is 26.2 Å². The van der Waals surface area contributed by atoms with E-state index in [1.165, 1.54) is 37.1 Å². The van der Waals surface area contributed by atoms with Gasteiger partial charge in [-0.2, -0.15) is 0 Å². The van der Waals surface area contributed by atoms with Crippen molar-refractivity contribution < 1.29 is 0 Å². The van der Waals surface area contributed by atoms with E-state index in [4.69, 9.17) is 0 Å². The number of nitrogens with one attached hydrogen (secondary N) is 2. The molecule has 1 unspecified atom stereocenters. The fraction of sp³-hybridized carbons (Fsp3) is 0.632. The lowest BCUT2D eigenvalue weighted by atomic mass is 10.0. The molecule has 0 amide bonds. The highest BCUT2D eigenvalue weighted by atomic mass is 15.2. The van der Waals surface area contributed by atoms with Gasteiger partial charge in [-0.1, -0.05) is 43.7 Å². The molecule has 0 bridgehead atoms. The summed E-state index contributed by atoms with van der Waals surface area (Å²) < 4.78 is 0. The van der Waals surface area contributed by atoms with Crippen LogP contribution in [0.5, 0.6) is 0 Å². The number of aliphatic imine (C=N–C) groups is 1. The molecule has 1 atom stereocenters. The van der Waals surface area contributed by atoms with Crippen molar-refractivity contribution in [1.29, 1.82) is 0 Å². The summed E-state index contributed by atoms with van der Waals surface area (Å²) in [6, 6.07) is 9.20. The van der Waals surface area contributed by atoms with Gasteiger partial charge < -0.3 is 10.6 Å². The Morgan fingerprint density at radius 3 is 2.35 bits per heavy atom. The van der Waals surface area contributed by atoms with Crippen LogP contribution in [-0.2, 0) is 6.54 Å². The van der Waals surface area contributed by atoms with Gasteiger partial charge in [-0.3, -0.25) is 9.89 Å². The summed E-state index contributed by atoms with van der Waals surface area (Å²) in [6.07, 6.45) is 2.67. The average molecular weight is 316 g/mol. The van der Waals surface area contributed by atoms with E-state index in [-0.39, 0.29) is 0 Å². The number of rotatable bonds is 6. The molecule has 0 saturated carbocycles. The number of nitrogens with zero attached hydrogens (tertiary/aromatic N) is 2. The zero-order valence-electron chi connectivity index (χ0n) is 15.1. The Labute approximate surface area is 141 Å². The highest BCUT2D eigenvalue weighted by Crippen LogP contribution is 2.17. The van der Waals surface area contributed by atoms with Crippen LogP contribution in [0.15, 0.2) is 29.3 Å². The van der Waals surface area contributed by atoms with Crippen molar-refractivity contribution in [2.24, 2.45) is 10.9 Å². The quantitative estimate of drug-likeness (QED) is 0.626. The van der Waals surface area contributed by atoms with Crippen LogP contribution in [0.4, 0.5) is 0 Å². The zero-order valence-corrected chi connectivity index (χ0v) is 15.1. The van der Waals surface area contributed by atoms with Gasteiger partial charge in [0.1, 0.15) is 0 Å². The zero-order chi connectivity index (χ0) is 16.7. The monoisotopic (exact) mass is 316 g/mol. The van der Waals surface area contributed by atoms with E-state index in [0.29, 0.717) is 12.0 Å². The van der Waals surface area contributed by atoms with Crippen LogP contribution in [0.25, 0.3) is 0 Å². The van der Waals surface area contributed by atoms with Crippen LogP contribution < -0.4 is 10.6 Å². The predicted octanol–water partition coefficient (Wildman–Crippen LogP) is 2.78. The first-order chi connectivity index (χ1) is 11.1. The molecule has 0 spiro atoms. The van der Waals surface area contributed by atoms with Crippen molar-refractivity contribution in [2.75, 3.05) is 26.7 Å². The summed E-state index contributed by atoms with van der Waals surface area (Å²) in [5.74, 6) is 1.53. The topological polar surface area (TPSA) is 39.7 Å². The van der Waals surface area contributed by atoms with Crippen molar-refractivity contribution >= 4 is 5.96 Å². The normalized spacial score (nSPS) is 17.5. The smallest absolute Gasteiger partial charge is 0.191 e. The van der Waals surface area contributed by atoms with Crippen LogP contribution in [-0.4, -0.2) is 43.6 Å². The van der Waals surface area contributed by atoms with E-state index in [0.717, 1.165) is 19.0 Å². The maximum Gasteiger partial charge on any atom is 0.191 e. The van der Waals surface area contributed by atoms with Gasteiger partial charge in [0.15, 0.2) is 5.96 Å². The Hall–Kier alpha value is -1.55. The lowest BCUT2D eigenvalue weighted by molar-refractivity contribution is 0.192. The lowest BCUT2D eigenvalue weighted by Crippen LogP contribution is -2.48. The predicted molar refractivity (Wildman–Crippen MR) is 98.8 cm³/mol. The molecule has 0 radical (unpaired) electrons. The summed E-state index contributed by atoms with van der Waals surface area (Å²) in [4.78, 5) is 6.97. The Kier molecular flexibility index (Phi) is 6.90. The molecular weight excluding hydrogens is 284 g/mol. The molecule has 1 aliphatic rings. The molecule has 0 aromatic heterocycles. The number of benzene rings is 1. The maximum atomic E-state index is 4.35.